The van der Waals surface area contributed by atoms with Crippen LogP contribution in [-0.2, 0) is 0 Å². The molecule has 2 aromatic rings. The highest BCUT2D eigenvalue weighted by Crippen LogP contribution is 2.19. The molecule has 0 atom stereocenters. The predicted molar refractivity (Wildman–Crippen MR) is 53.8 cm³/mol. The van der Waals surface area contributed by atoms with Crippen molar-refractivity contribution in [1.29, 1.82) is 0 Å². The summed E-state index contributed by atoms with van der Waals surface area (Å²) >= 11 is 0. The second-order valence-electron chi connectivity index (χ2n) is 2.77. The monoisotopic (exact) mass is 242 g/mol. The maximum absolute atomic E-state index is 4.89. The van der Waals surface area contributed by atoms with Crippen molar-refractivity contribution in [2.24, 2.45) is 0 Å². The third-order valence-electron chi connectivity index (χ3n) is 1.82. The maximum Gasteiger partial charge on any atom is 0.300 e. The molecule has 0 aliphatic rings. The van der Waals surface area contributed by atoms with E-state index in [4.69, 9.17) is 9.47 Å². The second kappa shape index (κ2) is 5.01. The minimum atomic E-state index is 0.261. The Morgan fingerprint density at radius 1 is 0.882 bits per heavy atom. The van der Waals surface area contributed by atoms with Gasteiger partial charge < -0.3 is 20.1 Å². The van der Waals surface area contributed by atoms with E-state index in [-0.39, 0.29) is 18.4 Å². The number of hydrogen-bond donors (Lipinski definition) is 2. The number of methoxy groups -OCH3 is 2. The summed E-state index contributed by atoms with van der Waals surface area (Å²) in [6.45, 7) is 0.287. The summed E-state index contributed by atoms with van der Waals surface area (Å²) in [5.41, 5.74) is 0. The zero-order valence-electron chi connectivity index (χ0n) is 9.13. The summed E-state index contributed by atoms with van der Waals surface area (Å²) in [6, 6.07) is 0. The first kappa shape index (κ1) is 11.0. The second-order valence-corrected chi connectivity index (χ2v) is 2.77. The summed E-state index contributed by atoms with van der Waals surface area (Å²) in [5.74, 6) is 1.26. The van der Waals surface area contributed by atoms with Crippen molar-refractivity contribution in [3.63, 3.8) is 0 Å². The summed E-state index contributed by atoms with van der Waals surface area (Å²) < 4.78 is 18.7. The fourth-order valence-electron chi connectivity index (χ4n) is 1.06. The molecule has 0 aromatic carbocycles. The van der Waals surface area contributed by atoms with Gasteiger partial charge in [0.25, 0.3) is 11.8 Å². The topological polar surface area (TPSA) is 120 Å². The fraction of sp³-hybridized carbons (Fsp3) is 0.429. The summed E-state index contributed by atoms with van der Waals surface area (Å²) in [7, 11) is 2.92. The summed E-state index contributed by atoms with van der Waals surface area (Å²) in [6.07, 6.45) is 0. The molecular formula is C7H10N6O4. The van der Waals surface area contributed by atoms with Gasteiger partial charge in [-0.15, -0.1) is 0 Å². The number of anilines is 2. The first-order chi connectivity index (χ1) is 8.35. The van der Waals surface area contributed by atoms with E-state index in [1.807, 2.05) is 0 Å². The Balaban J connectivity index is 1.87. The average Bonchev–Trinajstić information content (AvgIpc) is 2.97. The number of nitrogens with zero attached hydrogens (tertiary/aromatic N) is 4. The zero-order valence-corrected chi connectivity index (χ0v) is 9.13. The third kappa shape index (κ3) is 2.35. The van der Waals surface area contributed by atoms with Gasteiger partial charge in [-0.2, -0.15) is 0 Å². The van der Waals surface area contributed by atoms with E-state index in [1.54, 1.807) is 0 Å². The number of nitrogens with one attached hydrogen (secondary N) is 2. The number of aromatic nitrogens is 4. The molecule has 10 heteroatoms. The fourth-order valence-corrected chi connectivity index (χ4v) is 1.06. The van der Waals surface area contributed by atoms with Crippen LogP contribution in [0.4, 0.5) is 11.6 Å². The molecule has 0 saturated heterocycles. The van der Waals surface area contributed by atoms with Gasteiger partial charge in [-0.25, -0.2) is 9.26 Å². The van der Waals surface area contributed by atoms with E-state index in [1.165, 1.54) is 14.2 Å². The van der Waals surface area contributed by atoms with E-state index < -0.39 is 0 Å². The van der Waals surface area contributed by atoms with E-state index in [0.29, 0.717) is 11.6 Å². The normalized spacial score (nSPS) is 10.0. The molecule has 0 radical (unpaired) electrons. The number of hydrogen-bond acceptors (Lipinski definition) is 10. The van der Waals surface area contributed by atoms with E-state index in [9.17, 15) is 0 Å². The Kier molecular flexibility index (Phi) is 3.23. The summed E-state index contributed by atoms with van der Waals surface area (Å²) in [4.78, 5) is 0. The van der Waals surface area contributed by atoms with Gasteiger partial charge >= 0.3 is 0 Å². The minimum absolute atomic E-state index is 0.261. The van der Waals surface area contributed by atoms with Gasteiger partial charge in [-0.05, 0) is 20.6 Å². The molecular weight excluding hydrogens is 232 g/mol. The molecule has 92 valence electrons. The molecule has 0 unspecified atom stereocenters. The van der Waals surface area contributed by atoms with Gasteiger partial charge in [0.1, 0.15) is 0 Å². The van der Waals surface area contributed by atoms with Crippen LogP contribution in [0.25, 0.3) is 0 Å². The highest BCUT2D eigenvalue weighted by molar-refractivity contribution is 5.47. The SMILES string of the molecule is COc1nonc1NCNc1nonc1OC. The van der Waals surface area contributed by atoms with Crippen molar-refractivity contribution < 1.29 is 18.7 Å². The van der Waals surface area contributed by atoms with Crippen molar-refractivity contribution in [2.45, 2.75) is 0 Å². The number of ether oxygens (including phenoxy) is 2. The van der Waals surface area contributed by atoms with Crippen molar-refractivity contribution >= 4 is 11.6 Å². The van der Waals surface area contributed by atoms with Gasteiger partial charge in [-0.3, -0.25) is 0 Å². The van der Waals surface area contributed by atoms with Gasteiger partial charge in [0.2, 0.25) is 11.6 Å². The Bertz CT molecular complexity index is 426. The molecule has 2 aromatic heterocycles. The van der Waals surface area contributed by atoms with Crippen molar-refractivity contribution in [3.05, 3.63) is 0 Å². The number of rotatable bonds is 6. The average molecular weight is 242 g/mol. The van der Waals surface area contributed by atoms with Crippen LogP contribution in [0, 0.1) is 0 Å². The van der Waals surface area contributed by atoms with Crippen LogP contribution < -0.4 is 20.1 Å². The standard InChI is InChI=1S/C7H10N6O4/c1-14-6-4(10-16-12-6)8-3-9-5-7(15-2)13-17-11-5/h3H2,1-2H3,(H,8,10)(H,9,11). The Morgan fingerprint density at radius 3 is 1.76 bits per heavy atom. The van der Waals surface area contributed by atoms with Crippen LogP contribution >= 0.6 is 0 Å². The van der Waals surface area contributed by atoms with E-state index in [2.05, 4.69) is 40.5 Å². The van der Waals surface area contributed by atoms with Crippen LogP contribution in [-0.4, -0.2) is 41.5 Å². The molecule has 0 aliphatic carbocycles. The van der Waals surface area contributed by atoms with Crippen molar-refractivity contribution in [2.75, 3.05) is 31.5 Å². The van der Waals surface area contributed by atoms with Crippen LogP contribution in [0.3, 0.4) is 0 Å². The molecule has 2 rings (SSSR count). The van der Waals surface area contributed by atoms with Gasteiger partial charge in [0, 0.05) is 0 Å². The molecule has 17 heavy (non-hydrogen) atoms. The molecule has 0 spiro atoms. The Labute approximate surface area is 95.2 Å². The summed E-state index contributed by atoms with van der Waals surface area (Å²) in [5, 5.41) is 20.0. The lowest BCUT2D eigenvalue weighted by molar-refractivity contribution is 0.281. The molecule has 0 saturated carbocycles. The zero-order chi connectivity index (χ0) is 12.1. The first-order valence-corrected chi connectivity index (χ1v) is 4.56. The third-order valence-corrected chi connectivity index (χ3v) is 1.82. The molecule has 2 N–H and O–H groups in total. The van der Waals surface area contributed by atoms with Gasteiger partial charge in [0.05, 0.1) is 20.9 Å². The molecule has 10 nitrogen and oxygen atoms in total. The lowest BCUT2D eigenvalue weighted by Gasteiger charge is -2.04. The Hall–Kier alpha value is -2.52. The molecule has 0 fully saturated rings. The van der Waals surface area contributed by atoms with Gasteiger partial charge in [-0.1, -0.05) is 0 Å². The lowest BCUT2D eigenvalue weighted by atomic mass is 10.6. The van der Waals surface area contributed by atoms with E-state index in [0.717, 1.165) is 0 Å². The van der Waals surface area contributed by atoms with E-state index >= 15 is 0 Å². The van der Waals surface area contributed by atoms with Crippen molar-refractivity contribution in [3.8, 4) is 11.8 Å². The van der Waals surface area contributed by atoms with Gasteiger partial charge in [0.15, 0.2) is 0 Å². The van der Waals surface area contributed by atoms with Crippen molar-refractivity contribution in [1.82, 2.24) is 20.6 Å². The van der Waals surface area contributed by atoms with Crippen LogP contribution in [0.1, 0.15) is 0 Å². The maximum atomic E-state index is 4.89. The molecule has 0 aliphatic heterocycles. The highest BCUT2D eigenvalue weighted by atomic mass is 16.6. The molecule has 0 amide bonds. The predicted octanol–water partition coefficient (Wildman–Crippen LogP) is -0.0487. The lowest BCUT2D eigenvalue weighted by Crippen LogP contribution is -2.13. The molecule has 0 bridgehead atoms. The van der Waals surface area contributed by atoms with Crippen LogP contribution in [0.15, 0.2) is 9.26 Å². The smallest absolute Gasteiger partial charge is 0.300 e. The Morgan fingerprint density at radius 2 is 1.35 bits per heavy atom. The quantitative estimate of drug-likeness (QED) is 0.667. The minimum Gasteiger partial charge on any atom is -0.476 e. The van der Waals surface area contributed by atoms with Crippen LogP contribution in [0.2, 0.25) is 0 Å². The molecule has 2 heterocycles. The largest absolute Gasteiger partial charge is 0.476 e. The first-order valence-electron chi connectivity index (χ1n) is 4.56. The highest BCUT2D eigenvalue weighted by Gasteiger charge is 2.11. The van der Waals surface area contributed by atoms with Crippen LogP contribution in [0.5, 0.6) is 11.8 Å².